The van der Waals surface area contributed by atoms with Gasteiger partial charge >= 0.3 is 0 Å². The maximum Gasteiger partial charge on any atom is 0.157 e. The molecule has 2 unspecified atom stereocenters. The van der Waals surface area contributed by atoms with Gasteiger partial charge in [0.05, 0.1) is 31.6 Å². The molecule has 132 valence electrons. The average Bonchev–Trinajstić information content (AvgIpc) is 3.23. The summed E-state index contributed by atoms with van der Waals surface area (Å²) < 4.78 is 15.4. The van der Waals surface area contributed by atoms with Crippen LogP contribution in [0.4, 0.5) is 0 Å². The Morgan fingerprint density at radius 2 is 2.21 bits per heavy atom. The Balaban J connectivity index is 1.47. The van der Waals surface area contributed by atoms with E-state index in [-0.39, 0.29) is 6.29 Å². The first kappa shape index (κ1) is 17.2. The van der Waals surface area contributed by atoms with Crippen LogP contribution in [-0.2, 0) is 22.4 Å². The fourth-order valence-electron chi connectivity index (χ4n) is 3.08. The van der Waals surface area contributed by atoms with Crippen LogP contribution in [0.15, 0.2) is 24.8 Å². The summed E-state index contributed by atoms with van der Waals surface area (Å²) in [5.41, 5.74) is 2.44. The molecule has 0 saturated carbocycles. The summed E-state index contributed by atoms with van der Waals surface area (Å²) in [5.74, 6) is 0. The smallest absolute Gasteiger partial charge is 0.157 e. The van der Waals surface area contributed by atoms with Crippen LogP contribution in [0.3, 0.4) is 0 Å². The average molecular weight is 332 g/mol. The molecule has 6 nitrogen and oxygen atoms in total. The molecule has 3 rings (SSSR count). The third-order valence-corrected chi connectivity index (χ3v) is 4.50. The second-order valence-electron chi connectivity index (χ2n) is 6.54. The van der Waals surface area contributed by atoms with Gasteiger partial charge in [-0.1, -0.05) is 6.92 Å². The fraction of sp³-hybridized carbons (Fsp3) is 0.667. The first-order chi connectivity index (χ1) is 11.7. The van der Waals surface area contributed by atoms with E-state index < -0.39 is 0 Å². The van der Waals surface area contributed by atoms with E-state index in [2.05, 4.69) is 41.1 Å². The molecule has 24 heavy (non-hydrogen) atoms. The molecule has 0 spiro atoms. The van der Waals surface area contributed by atoms with Crippen LogP contribution in [0.1, 0.15) is 49.8 Å². The lowest BCUT2D eigenvalue weighted by Crippen LogP contribution is -2.24. The molecule has 1 fully saturated rings. The molecule has 1 saturated heterocycles. The standard InChI is InChI=1S/C18H28N4O2/c1-3-17(22-13-15(2)11-20-22)10-16-12-19-21(14-16)7-9-24-18-6-4-5-8-23-18/h11-14,17-18H,3-10H2,1-2H3. The van der Waals surface area contributed by atoms with Gasteiger partial charge in [-0.2, -0.15) is 10.2 Å². The highest BCUT2D eigenvalue weighted by molar-refractivity contribution is 5.07. The summed E-state index contributed by atoms with van der Waals surface area (Å²) in [5, 5.41) is 8.90. The Kier molecular flexibility index (Phi) is 6.04. The number of aromatic nitrogens is 4. The summed E-state index contributed by atoms with van der Waals surface area (Å²) in [6.45, 7) is 6.50. The zero-order chi connectivity index (χ0) is 16.8. The highest BCUT2D eigenvalue weighted by Crippen LogP contribution is 2.18. The summed E-state index contributed by atoms with van der Waals surface area (Å²) >= 11 is 0. The van der Waals surface area contributed by atoms with Gasteiger partial charge in [-0.15, -0.1) is 0 Å². The first-order valence-corrected chi connectivity index (χ1v) is 9.00. The third kappa shape index (κ3) is 4.68. The van der Waals surface area contributed by atoms with Gasteiger partial charge in [-0.3, -0.25) is 9.36 Å². The minimum Gasteiger partial charge on any atom is -0.353 e. The first-order valence-electron chi connectivity index (χ1n) is 9.00. The molecular weight excluding hydrogens is 304 g/mol. The van der Waals surface area contributed by atoms with Gasteiger partial charge in [-0.25, -0.2) is 0 Å². The monoisotopic (exact) mass is 332 g/mol. The van der Waals surface area contributed by atoms with E-state index in [1.165, 1.54) is 17.5 Å². The van der Waals surface area contributed by atoms with Gasteiger partial charge in [0.2, 0.25) is 0 Å². The van der Waals surface area contributed by atoms with Crippen molar-refractivity contribution < 1.29 is 9.47 Å². The lowest BCUT2D eigenvalue weighted by Gasteiger charge is -2.22. The Hall–Kier alpha value is -1.66. The zero-order valence-electron chi connectivity index (χ0n) is 14.7. The van der Waals surface area contributed by atoms with Gasteiger partial charge in [0.1, 0.15) is 0 Å². The van der Waals surface area contributed by atoms with Gasteiger partial charge < -0.3 is 9.47 Å². The molecule has 1 aliphatic rings. The molecule has 6 heteroatoms. The van der Waals surface area contributed by atoms with Gasteiger partial charge in [0.25, 0.3) is 0 Å². The minimum atomic E-state index is -0.0266. The quantitative estimate of drug-likeness (QED) is 0.745. The van der Waals surface area contributed by atoms with Crippen molar-refractivity contribution in [3.63, 3.8) is 0 Å². The lowest BCUT2D eigenvalue weighted by molar-refractivity contribution is -0.163. The van der Waals surface area contributed by atoms with E-state index in [4.69, 9.17) is 9.47 Å². The second kappa shape index (κ2) is 8.44. The Labute approximate surface area is 143 Å². The summed E-state index contributed by atoms with van der Waals surface area (Å²) in [7, 11) is 0. The summed E-state index contributed by atoms with van der Waals surface area (Å²) in [6.07, 6.45) is 13.4. The third-order valence-electron chi connectivity index (χ3n) is 4.50. The molecule has 1 aliphatic heterocycles. The molecule has 0 radical (unpaired) electrons. The molecule has 2 atom stereocenters. The number of nitrogens with zero attached hydrogens (tertiary/aromatic N) is 4. The Morgan fingerprint density at radius 1 is 1.29 bits per heavy atom. The highest BCUT2D eigenvalue weighted by atomic mass is 16.7. The normalized spacial score (nSPS) is 19.5. The van der Waals surface area contributed by atoms with Crippen LogP contribution in [0.25, 0.3) is 0 Å². The molecule has 0 amide bonds. The van der Waals surface area contributed by atoms with Crippen molar-refractivity contribution in [3.05, 3.63) is 35.9 Å². The molecule has 0 aromatic carbocycles. The van der Waals surface area contributed by atoms with Crippen molar-refractivity contribution in [2.45, 2.75) is 64.8 Å². The summed E-state index contributed by atoms with van der Waals surface area (Å²) in [4.78, 5) is 0. The number of hydrogen-bond donors (Lipinski definition) is 0. The van der Waals surface area contributed by atoms with E-state index in [0.717, 1.165) is 38.8 Å². The number of ether oxygens (including phenoxy) is 2. The largest absolute Gasteiger partial charge is 0.353 e. The predicted octanol–water partition coefficient (Wildman–Crippen LogP) is 3.13. The van der Waals surface area contributed by atoms with E-state index in [1.807, 2.05) is 17.1 Å². The maximum absolute atomic E-state index is 5.77. The van der Waals surface area contributed by atoms with Crippen molar-refractivity contribution in [3.8, 4) is 0 Å². The minimum absolute atomic E-state index is 0.0266. The van der Waals surface area contributed by atoms with Crippen LogP contribution in [0, 0.1) is 6.92 Å². The van der Waals surface area contributed by atoms with Crippen molar-refractivity contribution in [2.75, 3.05) is 13.2 Å². The molecule has 2 aromatic rings. The predicted molar refractivity (Wildman–Crippen MR) is 91.8 cm³/mol. The fourth-order valence-corrected chi connectivity index (χ4v) is 3.08. The number of rotatable bonds is 8. The maximum atomic E-state index is 5.77. The highest BCUT2D eigenvalue weighted by Gasteiger charge is 2.14. The van der Waals surface area contributed by atoms with Crippen LogP contribution >= 0.6 is 0 Å². The Morgan fingerprint density at radius 3 is 2.92 bits per heavy atom. The van der Waals surface area contributed by atoms with Gasteiger partial charge in [0, 0.05) is 19.0 Å². The van der Waals surface area contributed by atoms with Crippen LogP contribution in [0.2, 0.25) is 0 Å². The molecule has 3 heterocycles. The SMILES string of the molecule is CCC(Cc1cnn(CCOC2CCCCO2)c1)n1cc(C)cn1. The van der Waals surface area contributed by atoms with E-state index in [0.29, 0.717) is 12.6 Å². The van der Waals surface area contributed by atoms with Crippen molar-refractivity contribution in [1.29, 1.82) is 0 Å². The van der Waals surface area contributed by atoms with Gasteiger partial charge in [-0.05, 0) is 50.2 Å². The Bertz CT molecular complexity index is 616. The molecule has 0 aliphatic carbocycles. The molecule has 0 bridgehead atoms. The summed E-state index contributed by atoms with van der Waals surface area (Å²) in [6, 6.07) is 0.378. The van der Waals surface area contributed by atoms with Crippen LogP contribution in [-0.4, -0.2) is 39.1 Å². The van der Waals surface area contributed by atoms with Gasteiger partial charge in [0.15, 0.2) is 6.29 Å². The molecular formula is C18H28N4O2. The molecule has 0 N–H and O–H groups in total. The van der Waals surface area contributed by atoms with E-state index in [1.54, 1.807) is 0 Å². The number of hydrogen-bond acceptors (Lipinski definition) is 4. The topological polar surface area (TPSA) is 54.1 Å². The second-order valence-corrected chi connectivity index (χ2v) is 6.54. The zero-order valence-corrected chi connectivity index (χ0v) is 14.7. The van der Waals surface area contributed by atoms with Crippen LogP contribution < -0.4 is 0 Å². The lowest BCUT2D eigenvalue weighted by atomic mass is 10.1. The van der Waals surface area contributed by atoms with Crippen molar-refractivity contribution in [2.24, 2.45) is 0 Å². The molecule has 2 aromatic heterocycles. The van der Waals surface area contributed by atoms with E-state index in [9.17, 15) is 0 Å². The van der Waals surface area contributed by atoms with E-state index >= 15 is 0 Å². The van der Waals surface area contributed by atoms with Crippen LogP contribution in [0.5, 0.6) is 0 Å². The van der Waals surface area contributed by atoms with Crippen molar-refractivity contribution in [1.82, 2.24) is 19.6 Å². The number of aryl methyl sites for hydroxylation is 1. The van der Waals surface area contributed by atoms with Crippen molar-refractivity contribution >= 4 is 0 Å².